The van der Waals surface area contributed by atoms with Crippen molar-refractivity contribution in [2.24, 2.45) is 11.7 Å². The number of benzene rings is 1. The van der Waals surface area contributed by atoms with Gasteiger partial charge in [-0.2, -0.15) is 17.4 Å². The molecule has 3 N–H and O–H groups in total. The molecule has 1 heterocycles. The van der Waals surface area contributed by atoms with Crippen LogP contribution in [0.25, 0.3) is 0 Å². The number of rotatable bonds is 5. The second-order valence-corrected chi connectivity index (χ2v) is 7.36. The summed E-state index contributed by atoms with van der Waals surface area (Å²) < 4.78 is 29.2. The highest BCUT2D eigenvalue weighted by molar-refractivity contribution is 7.87. The minimum Gasteiger partial charge on any atom is -0.329 e. The molecule has 1 atom stereocenters. The van der Waals surface area contributed by atoms with Crippen LogP contribution in [0.2, 0.25) is 0 Å². The highest BCUT2D eigenvalue weighted by Crippen LogP contribution is 2.33. The van der Waals surface area contributed by atoms with Gasteiger partial charge in [-0.3, -0.25) is 0 Å². The second-order valence-electron chi connectivity index (χ2n) is 5.65. The number of hydrogen-bond acceptors (Lipinski definition) is 3. The summed E-state index contributed by atoms with van der Waals surface area (Å²) in [5.74, 6) is 0.423. The Morgan fingerprint density at radius 2 is 1.95 bits per heavy atom. The first-order chi connectivity index (χ1) is 9.60. The van der Waals surface area contributed by atoms with Gasteiger partial charge in [0.15, 0.2) is 0 Å². The van der Waals surface area contributed by atoms with Gasteiger partial charge in [0, 0.05) is 25.7 Å². The van der Waals surface area contributed by atoms with Crippen LogP contribution in [-0.2, 0) is 23.2 Å². The lowest BCUT2D eigenvalue weighted by Crippen LogP contribution is -2.50. The van der Waals surface area contributed by atoms with Gasteiger partial charge in [0.25, 0.3) is 10.2 Å². The zero-order chi connectivity index (χ0) is 14.2. The van der Waals surface area contributed by atoms with Gasteiger partial charge in [0.1, 0.15) is 0 Å². The molecule has 1 saturated carbocycles. The van der Waals surface area contributed by atoms with E-state index in [-0.39, 0.29) is 18.4 Å². The van der Waals surface area contributed by atoms with E-state index in [1.54, 1.807) is 0 Å². The predicted molar refractivity (Wildman–Crippen MR) is 85.4 cm³/mol. The van der Waals surface area contributed by atoms with Gasteiger partial charge in [-0.25, -0.2) is 0 Å². The monoisotopic (exact) mass is 331 g/mol. The van der Waals surface area contributed by atoms with Crippen LogP contribution in [0.15, 0.2) is 24.3 Å². The summed E-state index contributed by atoms with van der Waals surface area (Å²) in [5.41, 5.74) is 8.03. The Labute approximate surface area is 132 Å². The molecule has 0 spiro atoms. The van der Waals surface area contributed by atoms with Crippen molar-refractivity contribution in [1.82, 2.24) is 9.03 Å². The summed E-state index contributed by atoms with van der Waals surface area (Å²) in [6.45, 7) is 1.36. The molecule has 118 valence electrons. The lowest BCUT2D eigenvalue weighted by molar-refractivity contribution is 0.375. The smallest absolute Gasteiger partial charge is 0.280 e. The third-order valence-electron chi connectivity index (χ3n) is 4.18. The number of fused-ring (bicyclic) bond motifs is 1. The first kappa shape index (κ1) is 16.7. The minimum atomic E-state index is -3.44. The first-order valence-corrected chi connectivity index (χ1v) is 8.58. The molecule has 1 aliphatic carbocycles. The molecular weight excluding hydrogens is 310 g/mol. The van der Waals surface area contributed by atoms with E-state index in [9.17, 15) is 8.42 Å². The van der Waals surface area contributed by atoms with Crippen molar-refractivity contribution in [3.8, 4) is 0 Å². The van der Waals surface area contributed by atoms with Crippen molar-refractivity contribution in [1.29, 1.82) is 0 Å². The molecule has 0 bridgehead atoms. The van der Waals surface area contributed by atoms with Crippen molar-refractivity contribution in [2.45, 2.75) is 31.8 Å². The van der Waals surface area contributed by atoms with Gasteiger partial charge < -0.3 is 5.73 Å². The third-order valence-corrected chi connectivity index (χ3v) is 5.77. The molecule has 5 nitrogen and oxygen atoms in total. The van der Waals surface area contributed by atoms with E-state index in [0.29, 0.717) is 25.6 Å². The summed E-state index contributed by atoms with van der Waals surface area (Å²) in [6.07, 6.45) is 2.92. The van der Waals surface area contributed by atoms with Crippen LogP contribution in [0.5, 0.6) is 0 Å². The Kier molecular flexibility index (Phi) is 5.27. The van der Waals surface area contributed by atoms with Gasteiger partial charge in [-0.05, 0) is 36.3 Å². The lowest BCUT2D eigenvalue weighted by atomic mass is 10.0. The van der Waals surface area contributed by atoms with Gasteiger partial charge in [0.05, 0.1) is 0 Å². The molecule has 3 rings (SSSR count). The number of nitrogens with two attached hydrogens (primary N) is 1. The molecule has 2 aliphatic rings. The van der Waals surface area contributed by atoms with E-state index in [2.05, 4.69) is 10.8 Å². The Balaban J connectivity index is 0.00000161. The summed E-state index contributed by atoms with van der Waals surface area (Å²) in [7, 11) is -3.44. The van der Waals surface area contributed by atoms with E-state index < -0.39 is 10.2 Å². The predicted octanol–water partition coefficient (Wildman–Crippen LogP) is 1.04. The second kappa shape index (κ2) is 6.62. The van der Waals surface area contributed by atoms with Gasteiger partial charge >= 0.3 is 0 Å². The average Bonchev–Trinajstić information content (AvgIpc) is 3.29. The van der Waals surface area contributed by atoms with Gasteiger partial charge in [-0.1, -0.05) is 24.3 Å². The highest BCUT2D eigenvalue weighted by Gasteiger charge is 2.35. The number of nitrogens with zero attached hydrogens (tertiary/aromatic N) is 1. The summed E-state index contributed by atoms with van der Waals surface area (Å²) in [4.78, 5) is 0. The normalized spacial score (nSPS) is 20.4. The van der Waals surface area contributed by atoms with Crippen LogP contribution < -0.4 is 10.5 Å². The molecular formula is C14H22ClN3O2S. The van der Waals surface area contributed by atoms with Crippen LogP contribution in [0.1, 0.15) is 24.0 Å². The van der Waals surface area contributed by atoms with Crippen molar-refractivity contribution in [2.75, 3.05) is 13.1 Å². The van der Waals surface area contributed by atoms with Crippen LogP contribution in [-0.4, -0.2) is 31.9 Å². The largest absolute Gasteiger partial charge is 0.329 e. The zero-order valence-corrected chi connectivity index (χ0v) is 13.5. The Morgan fingerprint density at radius 3 is 2.57 bits per heavy atom. The highest BCUT2D eigenvalue weighted by atomic mass is 35.5. The molecule has 1 unspecified atom stereocenters. The molecule has 1 aromatic carbocycles. The van der Waals surface area contributed by atoms with Crippen molar-refractivity contribution in [3.05, 3.63) is 35.4 Å². The Morgan fingerprint density at radius 1 is 1.29 bits per heavy atom. The van der Waals surface area contributed by atoms with Crippen LogP contribution >= 0.6 is 12.4 Å². The molecule has 0 amide bonds. The molecule has 1 aliphatic heterocycles. The summed E-state index contributed by atoms with van der Waals surface area (Å²) in [5, 5.41) is 0. The number of nitrogens with one attached hydrogen (secondary N) is 1. The summed E-state index contributed by atoms with van der Waals surface area (Å²) >= 11 is 0. The molecule has 1 aromatic rings. The van der Waals surface area contributed by atoms with E-state index in [4.69, 9.17) is 5.73 Å². The first-order valence-electron chi connectivity index (χ1n) is 7.14. The molecule has 0 aromatic heterocycles. The maximum absolute atomic E-state index is 12.5. The quantitative estimate of drug-likeness (QED) is 0.846. The minimum absolute atomic E-state index is 0. The van der Waals surface area contributed by atoms with Crippen molar-refractivity contribution in [3.63, 3.8) is 0 Å². The fourth-order valence-electron chi connectivity index (χ4n) is 2.78. The Bertz CT molecular complexity index is 590. The van der Waals surface area contributed by atoms with Crippen molar-refractivity contribution < 1.29 is 8.42 Å². The number of halogens is 1. The van der Waals surface area contributed by atoms with E-state index in [0.717, 1.165) is 24.8 Å². The van der Waals surface area contributed by atoms with Crippen LogP contribution in [0, 0.1) is 5.92 Å². The third kappa shape index (κ3) is 3.76. The van der Waals surface area contributed by atoms with E-state index in [1.165, 1.54) is 9.87 Å². The fraction of sp³-hybridized carbons (Fsp3) is 0.571. The van der Waals surface area contributed by atoms with Crippen LogP contribution in [0.4, 0.5) is 0 Å². The fourth-order valence-corrected chi connectivity index (χ4v) is 4.24. The Hall–Kier alpha value is -0.660. The van der Waals surface area contributed by atoms with Gasteiger partial charge in [-0.15, -0.1) is 12.4 Å². The van der Waals surface area contributed by atoms with E-state index in [1.807, 2.05) is 18.2 Å². The maximum Gasteiger partial charge on any atom is 0.280 e. The van der Waals surface area contributed by atoms with Crippen molar-refractivity contribution >= 4 is 22.6 Å². The molecule has 0 radical (unpaired) electrons. The SMILES string of the molecule is Cl.NCC(NS(=O)(=O)N1CCc2ccccc2C1)C1CC1. The topological polar surface area (TPSA) is 75.4 Å². The molecule has 21 heavy (non-hydrogen) atoms. The molecule has 7 heteroatoms. The maximum atomic E-state index is 12.5. The average molecular weight is 332 g/mol. The zero-order valence-electron chi connectivity index (χ0n) is 11.9. The van der Waals surface area contributed by atoms with E-state index >= 15 is 0 Å². The standard InChI is InChI=1S/C14H21N3O2S.ClH/c15-9-14(12-5-6-12)16-20(18,19)17-8-7-11-3-1-2-4-13(11)10-17;/h1-4,12,14,16H,5-10,15H2;1H. The summed E-state index contributed by atoms with van der Waals surface area (Å²) in [6, 6.07) is 7.91. The molecule has 1 fully saturated rings. The molecule has 0 saturated heterocycles. The lowest BCUT2D eigenvalue weighted by Gasteiger charge is -2.29. The number of hydrogen-bond donors (Lipinski definition) is 2. The van der Waals surface area contributed by atoms with Gasteiger partial charge in [0.2, 0.25) is 0 Å². The van der Waals surface area contributed by atoms with Crippen LogP contribution in [0.3, 0.4) is 0 Å².